The second kappa shape index (κ2) is 6.86. The predicted molar refractivity (Wildman–Crippen MR) is 74.9 cm³/mol. The van der Waals surface area contributed by atoms with E-state index in [-0.39, 0.29) is 12.1 Å². The molecule has 0 saturated carbocycles. The third kappa shape index (κ3) is 3.68. The van der Waals surface area contributed by atoms with Crippen molar-refractivity contribution in [3.63, 3.8) is 0 Å². The van der Waals surface area contributed by atoms with Crippen LogP contribution in [0.4, 0.5) is 0 Å². The first-order valence-corrected chi connectivity index (χ1v) is 6.50. The molecule has 0 radical (unpaired) electrons. The number of hydrogen-bond acceptors (Lipinski definition) is 4. The number of hydrogen-bond donors (Lipinski definition) is 0. The lowest BCUT2D eigenvalue weighted by Gasteiger charge is -2.10. The minimum Gasteiger partial charge on any atom is -0.462 e. The Kier molecular flexibility index (Phi) is 4.90. The van der Waals surface area contributed by atoms with E-state index < -0.39 is 0 Å². The number of ether oxygens (including phenoxy) is 2. The van der Waals surface area contributed by atoms with Crippen molar-refractivity contribution < 1.29 is 14.3 Å². The van der Waals surface area contributed by atoms with Crippen LogP contribution >= 0.6 is 0 Å². The standard InChI is InChI=1S/C15H18N2O3/c1-12(19-2)7-10-20-15(18)13-5-3-6-14(11-13)17-9-4-8-16-17/h3-6,8-9,11-12H,7,10H2,1-2H3. The number of carbonyl (C=O) groups is 1. The maximum atomic E-state index is 11.9. The van der Waals surface area contributed by atoms with Gasteiger partial charge in [-0.15, -0.1) is 0 Å². The molecule has 0 N–H and O–H groups in total. The molecule has 0 aliphatic rings. The molecule has 0 aliphatic heterocycles. The molecular formula is C15H18N2O3. The Hall–Kier alpha value is -2.14. The molecule has 0 bridgehead atoms. The molecule has 1 atom stereocenters. The molecule has 5 nitrogen and oxygen atoms in total. The van der Waals surface area contributed by atoms with Crippen LogP contribution in [0, 0.1) is 0 Å². The maximum Gasteiger partial charge on any atom is 0.338 e. The molecule has 5 heteroatoms. The Labute approximate surface area is 118 Å². The summed E-state index contributed by atoms with van der Waals surface area (Å²) >= 11 is 0. The van der Waals surface area contributed by atoms with Crippen molar-refractivity contribution in [3.8, 4) is 5.69 Å². The van der Waals surface area contributed by atoms with E-state index in [0.29, 0.717) is 18.6 Å². The van der Waals surface area contributed by atoms with Crippen LogP contribution < -0.4 is 0 Å². The number of benzene rings is 1. The zero-order chi connectivity index (χ0) is 14.4. The monoisotopic (exact) mass is 274 g/mol. The molecule has 0 aliphatic carbocycles. The zero-order valence-corrected chi connectivity index (χ0v) is 11.7. The molecule has 2 rings (SSSR count). The number of rotatable bonds is 6. The molecule has 2 aromatic rings. The highest BCUT2D eigenvalue weighted by atomic mass is 16.5. The summed E-state index contributed by atoms with van der Waals surface area (Å²) in [6, 6.07) is 9.02. The lowest BCUT2D eigenvalue weighted by Crippen LogP contribution is -2.13. The minimum absolute atomic E-state index is 0.0817. The summed E-state index contributed by atoms with van der Waals surface area (Å²) in [7, 11) is 1.64. The summed E-state index contributed by atoms with van der Waals surface area (Å²) in [5.74, 6) is -0.331. The fraction of sp³-hybridized carbons (Fsp3) is 0.333. The van der Waals surface area contributed by atoms with Gasteiger partial charge >= 0.3 is 5.97 Å². The number of esters is 1. The molecule has 106 valence electrons. The average Bonchev–Trinajstić information content (AvgIpc) is 3.01. The Bertz CT molecular complexity index is 552. The number of nitrogens with zero attached hydrogens (tertiary/aromatic N) is 2. The van der Waals surface area contributed by atoms with E-state index in [1.54, 1.807) is 30.1 Å². The fourth-order valence-electron chi connectivity index (χ4n) is 1.72. The van der Waals surface area contributed by atoms with Crippen molar-refractivity contribution in [1.29, 1.82) is 0 Å². The van der Waals surface area contributed by atoms with E-state index in [0.717, 1.165) is 5.69 Å². The number of carbonyl (C=O) groups excluding carboxylic acids is 1. The van der Waals surface area contributed by atoms with Crippen LogP contribution in [0.1, 0.15) is 23.7 Å². The van der Waals surface area contributed by atoms with Gasteiger partial charge in [-0.1, -0.05) is 6.07 Å². The number of aromatic nitrogens is 2. The summed E-state index contributed by atoms with van der Waals surface area (Å²) in [4.78, 5) is 11.9. The molecule has 0 spiro atoms. The molecule has 1 heterocycles. The van der Waals surface area contributed by atoms with Gasteiger partial charge in [0.25, 0.3) is 0 Å². The van der Waals surface area contributed by atoms with Crippen LogP contribution in [0.3, 0.4) is 0 Å². The molecule has 0 saturated heterocycles. The molecule has 20 heavy (non-hydrogen) atoms. The first-order chi connectivity index (χ1) is 9.70. The quantitative estimate of drug-likeness (QED) is 0.759. The highest BCUT2D eigenvalue weighted by Crippen LogP contribution is 2.11. The summed E-state index contributed by atoms with van der Waals surface area (Å²) in [5, 5.41) is 4.13. The van der Waals surface area contributed by atoms with Gasteiger partial charge in [0, 0.05) is 25.9 Å². The van der Waals surface area contributed by atoms with E-state index in [1.165, 1.54) is 0 Å². The van der Waals surface area contributed by atoms with Crippen LogP contribution in [-0.2, 0) is 9.47 Å². The van der Waals surface area contributed by atoms with Gasteiger partial charge < -0.3 is 9.47 Å². The van der Waals surface area contributed by atoms with E-state index in [9.17, 15) is 4.79 Å². The predicted octanol–water partition coefficient (Wildman–Crippen LogP) is 2.45. The fourth-order valence-corrected chi connectivity index (χ4v) is 1.72. The van der Waals surface area contributed by atoms with Gasteiger partial charge in [0.1, 0.15) is 0 Å². The van der Waals surface area contributed by atoms with Crippen LogP contribution in [0.2, 0.25) is 0 Å². The maximum absolute atomic E-state index is 11.9. The largest absolute Gasteiger partial charge is 0.462 e. The van der Waals surface area contributed by atoms with E-state index in [1.807, 2.05) is 31.3 Å². The summed E-state index contributed by atoms with van der Waals surface area (Å²) in [6.07, 6.45) is 4.28. The van der Waals surface area contributed by atoms with Gasteiger partial charge in [-0.05, 0) is 31.2 Å². The molecule has 1 aromatic heterocycles. The Morgan fingerprint density at radius 1 is 1.40 bits per heavy atom. The van der Waals surface area contributed by atoms with Crippen LogP contribution in [-0.4, -0.2) is 35.6 Å². The first-order valence-electron chi connectivity index (χ1n) is 6.50. The van der Waals surface area contributed by atoms with Gasteiger partial charge in [-0.2, -0.15) is 5.10 Å². The lowest BCUT2D eigenvalue weighted by molar-refractivity contribution is 0.0391. The highest BCUT2D eigenvalue weighted by Gasteiger charge is 2.09. The van der Waals surface area contributed by atoms with Gasteiger partial charge in [0.15, 0.2) is 0 Å². The van der Waals surface area contributed by atoms with Crippen molar-refractivity contribution in [2.75, 3.05) is 13.7 Å². The number of methoxy groups -OCH3 is 1. The van der Waals surface area contributed by atoms with Gasteiger partial charge in [-0.3, -0.25) is 0 Å². The summed E-state index contributed by atoms with van der Waals surface area (Å²) in [6.45, 7) is 2.28. The lowest BCUT2D eigenvalue weighted by atomic mass is 10.2. The normalized spacial score (nSPS) is 12.1. The van der Waals surface area contributed by atoms with Crippen LogP contribution in [0.25, 0.3) is 5.69 Å². The van der Waals surface area contributed by atoms with Crippen molar-refractivity contribution in [3.05, 3.63) is 48.3 Å². The molecule has 0 fully saturated rings. The van der Waals surface area contributed by atoms with Gasteiger partial charge in [0.2, 0.25) is 0 Å². The van der Waals surface area contributed by atoms with E-state index >= 15 is 0 Å². The first kappa shape index (κ1) is 14.3. The van der Waals surface area contributed by atoms with Crippen LogP contribution in [0.15, 0.2) is 42.7 Å². The van der Waals surface area contributed by atoms with E-state index in [4.69, 9.17) is 9.47 Å². The van der Waals surface area contributed by atoms with Crippen molar-refractivity contribution in [1.82, 2.24) is 9.78 Å². The zero-order valence-electron chi connectivity index (χ0n) is 11.7. The second-order valence-corrected chi connectivity index (χ2v) is 4.47. The SMILES string of the molecule is COC(C)CCOC(=O)c1cccc(-n2cccn2)c1. The molecule has 1 aromatic carbocycles. The third-order valence-electron chi connectivity index (χ3n) is 3.01. The van der Waals surface area contributed by atoms with Crippen molar-refractivity contribution in [2.45, 2.75) is 19.4 Å². The highest BCUT2D eigenvalue weighted by molar-refractivity contribution is 5.90. The Morgan fingerprint density at radius 3 is 2.95 bits per heavy atom. The van der Waals surface area contributed by atoms with Crippen molar-refractivity contribution >= 4 is 5.97 Å². The minimum atomic E-state index is -0.331. The Balaban J connectivity index is 1.98. The smallest absolute Gasteiger partial charge is 0.338 e. The molecular weight excluding hydrogens is 256 g/mol. The van der Waals surface area contributed by atoms with E-state index in [2.05, 4.69) is 5.10 Å². The average molecular weight is 274 g/mol. The molecule has 1 unspecified atom stereocenters. The van der Waals surface area contributed by atoms with Gasteiger partial charge in [0.05, 0.1) is 24.0 Å². The third-order valence-corrected chi connectivity index (χ3v) is 3.01. The van der Waals surface area contributed by atoms with Crippen molar-refractivity contribution in [2.24, 2.45) is 0 Å². The summed E-state index contributed by atoms with van der Waals surface area (Å²) in [5.41, 5.74) is 1.35. The second-order valence-electron chi connectivity index (χ2n) is 4.47. The Morgan fingerprint density at radius 2 is 2.25 bits per heavy atom. The van der Waals surface area contributed by atoms with Crippen LogP contribution in [0.5, 0.6) is 0 Å². The van der Waals surface area contributed by atoms with Gasteiger partial charge in [-0.25, -0.2) is 9.48 Å². The molecule has 0 amide bonds. The topological polar surface area (TPSA) is 53.4 Å². The summed E-state index contributed by atoms with van der Waals surface area (Å²) < 4.78 is 12.0.